The van der Waals surface area contributed by atoms with Gasteiger partial charge in [-0.15, -0.1) is 6.58 Å². The van der Waals surface area contributed by atoms with E-state index in [0.717, 1.165) is 39.6 Å². The molecule has 1 heterocycles. The number of hydrogen-bond donors (Lipinski definition) is 2. The van der Waals surface area contributed by atoms with Crippen molar-refractivity contribution in [1.82, 2.24) is 5.43 Å². The fourth-order valence-corrected chi connectivity index (χ4v) is 2.38. The van der Waals surface area contributed by atoms with Crippen molar-refractivity contribution in [2.24, 2.45) is 5.84 Å². The van der Waals surface area contributed by atoms with Crippen molar-refractivity contribution in [2.75, 3.05) is 0 Å². The molecule has 2 aromatic rings. The summed E-state index contributed by atoms with van der Waals surface area (Å²) >= 11 is 3.48. The van der Waals surface area contributed by atoms with Gasteiger partial charge in [-0.25, -0.2) is 5.43 Å². The molecule has 18 heavy (non-hydrogen) atoms. The third-order valence-corrected chi connectivity index (χ3v) is 3.54. The van der Waals surface area contributed by atoms with Gasteiger partial charge in [0.15, 0.2) is 0 Å². The van der Waals surface area contributed by atoms with Crippen LogP contribution in [-0.2, 0) is 0 Å². The van der Waals surface area contributed by atoms with Gasteiger partial charge in [0, 0.05) is 5.39 Å². The Hall–Kier alpha value is -1.10. The highest BCUT2D eigenvalue weighted by Crippen LogP contribution is 2.31. The number of rotatable bonds is 5. The van der Waals surface area contributed by atoms with Crippen LogP contribution in [0.2, 0.25) is 0 Å². The minimum atomic E-state index is 0.0148. The molecule has 0 saturated carbocycles. The minimum Gasteiger partial charge on any atom is -0.458 e. The van der Waals surface area contributed by atoms with Crippen molar-refractivity contribution in [3.05, 3.63) is 46.7 Å². The van der Waals surface area contributed by atoms with Gasteiger partial charge in [0.25, 0.3) is 0 Å². The van der Waals surface area contributed by atoms with Crippen LogP contribution in [0.5, 0.6) is 0 Å². The van der Waals surface area contributed by atoms with Crippen molar-refractivity contribution in [3.8, 4) is 0 Å². The summed E-state index contributed by atoms with van der Waals surface area (Å²) in [6.07, 6.45) is 1.80. The average Bonchev–Trinajstić information content (AvgIpc) is 2.75. The summed E-state index contributed by atoms with van der Waals surface area (Å²) < 4.78 is 6.83. The van der Waals surface area contributed by atoms with E-state index in [0.29, 0.717) is 0 Å². The Labute approximate surface area is 115 Å². The lowest BCUT2D eigenvalue weighted by Crippen LogP contribution is -2.27. The standard InChI is InChI=1S/C14H17BrN2O/c1-9(2)6-7-12(17-16)13-8-10-4-3-5-11(15)14(10)18-13/h3-5,8,12,17H,1,6-7,16H2,2H3. The van der Waals surface area contributed by atoms with Crippen LogP contribution < -0.4 is 11.3 Å². The zero-order chi connectivity index (χ0) is 13.1. The topological polar surface area (TPSA) is 51.2 Å². The van der Waals surface area contributed by atoms with E-state index in [-0.39, 0.29) is 6.04 Å². The molecule has 0 aliphatic heterocycles. The Morgan fingerprint density at radius 1 is 1.56 bits per heavy atom. The summed E-state index contributed by atoms with van der Waals surface area (Å²) in [5.74, 6) is 6.46. The molecule has 0 aliphatic carbocycles. The molecule has 1 unspecified atom stereocenters. The van der Waals surface area contributed by atoms with Gasteiger partial charge in [-0.3, -0.25) is 5.84 Å². The number of para-hydroxylation sites is 1. The maximum atomic E-state index is 5.87. The van der Waals surface area contributed by atoms with Crippen LogP contribution in [-0.4, -0.2) is 0 Å². The number of hydrazine groups is 1. The van der Waals surface area contributed by atoms with Gasteiger partial charge < -0.3 is 4.42 Å². The van der Waals surface area contributed by atoms with Gasteiger partial charge in [0.1, 0.15) is 11.3 Å². The van der Waals surface area contributed by atoms with Gasteiger partial charge in [-0.1, -0.05) is 17.7 Å². The molecule has 3 nitrogen and oxygen atoms in total. The monoisotopic (exact) mass is 308 g/mol. The van der Waals surface area contributed by atoms with E-state index in [1.54, 1.807) is 0 Å². The molecule has 96 valence electrons. The Balaban J connectivity index is 2.28. The minimum absolute atomic E-state index is 0.0148. The van der Waals surface area contributed by atoms with Crippen LogP contribution >= 0.6 is 15.9 Å². The van der Waals surface area contributed by atoms with E-state index in [9.17, 15) is 0 Å². The zero-order valence-electron chi connectivity index (χ0n) is 10.4. The smallest absolute Gasteiger partial charge is 0.148 e. The molecule has 0 bridgehead atoms. The molecule has 2 rings (SSSR count). The third kappa shape index (κ3) is 2.83. The molecule has 4 heteroatoms. The molecular formula is C14H17BrN2O. The first-order valence-electron chi connectivity index (χ1n) is 5.90. The molecule has 3 N–H and O–H groups in total. The van der Waals surface area contributed by atoms with E-state index in [1.165, 1.54) is 0 Å². The van der Waals surface area contributed by atoms with Crippen LogP contribution in [0.4, 0.5) is 0 Å². The SMILES string of the molecule is C=C(C)CCC(NN)c1cc2cccc(Br)c2o1. The molecule has 0 radical (unpaired) electrons. The summed E-state index contributed by atoms with van der Waals surface area (Å²) in [6, 6.07) is 8.03. The number of nitrogens with two attached hydrogens (primary N) is 1. The van der Waals surface area contributed by atoms with E-state index in [2.05, 4.69) is 27.9 Å². The molecule has 1 atom stereocenters. The second-order valence-electron chi connectivity index (χ2n) is 4.52. The number of fused-ring (bicyclic) bond motifs is 1. The number of hydrogen-bond acceptors (Lipinski definition) is 3. The highest BCUT2D eigenvalue weighted by atomic mass is 79.9. The fourth-order valence-electron chi connectivity index (χ4n) is 1.92. The van der Waals surface area contributed by atoms with Crippen molar-refractivity contribution in [2.45, 2.75) is 25.8 Å². The highest BCUT2D eigenvalue weighted by molar-refractivity contribution is 9.10. The molecule has 0 saturated heterocycles. The van der Waals surface area contributed by atoms with Gasteiger partial charge >= 0.3 is 0 Å². The number of benzene rings is 1. The zero-order valence-corrected chi connectivity index (χ0v) is 12.0. The number of halogens is 1. The Bertz CT molecular complexity index is 562. The summed E-state index contributed by atoms with van der Waals surface area (Å²) in [4.78, 5) is 0. The van der Waals surface area contributed by atoms with Crippen molar-refractivity contribution in [1.29, 1.82) is 0 Å². The fraction of sp³-hybridized carbons (Fsp3) is 0.286. The van der Waals surface area contributed by atoms with Gasteiger partial charge in [-0.05, 0) is 47.8 Å². The Kier molecular flexibility index (Phi) is 4.22. The molecule has 0 spiro atoms. The normalized spacial score (nSPS) is 12.8. The highest BCUT2D eigenvalue weighted by Gasteiger charge is 2.15. The number of allylic oxidation sites excluding steroid dienone is 1. The maximum absolute atomic E-state index is 5.87. The first kappa shape index (κ1) is 13.3. The summed E-state index contributed by atoms with van der Waals surface area (Å²) in [7, 11) is 0. The van der Waals surface area contributed by atoms with Gasteiger partial charge in [0.2, 0.25) is 0 Å². The van der Waals surface area contributed by atoms with E-state index in [4.69, 9.17) is 10.3 Å². The van der Waals surface area contributed by atoms with E-state index < -0.39 is 0 Å². The maximum Gasteiger partial charge on any atom is 0.148 e. The van der Waals surface area contributed by atoms with Gasteiger partial charge in [-0.2, -0.15) is 0 Å². The lowest BCUT2D eigenvalue weighted by atomic mass is 10.1. The van der Waals surface area contributed by atoms with Crippen molar-refractivity contribution < 1.29 is 4.42 Å². The lowest BCUT2D eigenvalue weighted by Gasteiger charge is -2.12. The molecule has 1 aromatic carbocycles. The van der Waals surface area contributed by atoms with Crippen LogP contribution in [0.1, 0.15) is 31.6 Å². The summed E-state index contributed by atoms with van der Waals surface area (Å²) in [5.41, 5.74) is 4.81. The predicted octanol–water partition coefficient (Wildman–Crippen LogP) is 4.06. The van der Waals surface area contributed by atoms with E-state index in [1.807, 2.05) is 31.2 Å². The van der Waals surface area contributed by atoms with Crippen molar-refractivity contribution in [3.63, 3.8) is 0 Å². The van der Waals surface area contributed by atoms with E-state index >= 15 is 0 Å². The third-order valence-electron chi connectivity index (χ3n) is 2.92. The largest absolute Gasteiger partial charge is 0.458 e. The molecule has 1 aromatic heterocycles. The Morgan fingerprint density at radius 2 is 2.33 bits per heavy atom. The first-order chi connectivity index (χ1) is 8.61. The van der Waals surface area contributed by atoms with Crippen LogP contribution in [0.3, 0.4) is 0 Å². The Morgan fingerprint density at radius 3 is 2.94 bits per heavy atom. The second kappa shape index (κ2) is 5.69. The summed E-state index contributed by atoms with van der Waals surface area (Å²) in [6.45, 7) is 5.92. The van der Waals surface area contributed by atoms with Crippen LogP contribution in [0.15, 0.2) is 45.3 Å². The number of nitrogens with one attached hydrogen (secondary N) is 1. The molecule has 0 fully saturated rings. The average molecular weight is 309 g/mol. The first-order valence-corrected chi connectivity index (χ1v) is 6.69. The lowest BCUT2D eigenvalue weighted by molar-refractivity contribution is 0.416. The van der Waals surface area contributed by atoms with Crippen LogP contribution in [0, 0.1) is 0 Å². The quantitative estimate of drug-likeness (QED) is 0.497. The van der Waals surface area contributed by atoms with Gasteiger partial charge in [0.05, 0.1) is 10.5 Å². The number of furan rings is 1. The molecule has 0 amide bonds. The molecule has 0 aliphatic rings. The second-order valence-corrected chi connectivity index (χ2v) is 5.38. The van der Waals surface area contributed by atoms with Crippen molar-refractivity contribution >= 4 is 26.9 Å². The molecular weight excluding hydrogens is 292 g/mol. The van der Waals surface area contributed by atoms with Crippen LogP contribution in [0.25, 0.3) is 11.0 Å². The summed E-state index contributed by atoms with van der Waals surface area (Å²) in [5, 5.41) is 1.08. The predicted molar refractivity (Wildman–Crippen MR) is 78.0 cm³/mol.